The third-order valence-electron chi connectivity index (χ3n) is 6.68. The maximum Gasteiger partial charge on any atom is 0.195 e. The van der Waals surface area contributed by atoms with E-state index in [9.17, 15) is 20.1 Å². The monoisotopic (exact) mass is 712 g/mol. The molecule has 8 heteroatoms. The molecule has 42 heavy (non-hydrogen) atoms. The van der Waals surface area contributed by atoms with Crippen LogP contribution in [0.3, 0.4) is 0 Å². The molecule has 0 amide bonds. The van der Waals surface area contributed by atoms with Crippen LogP contribution in [0.5, 0.6) is 0 Å². The number of benzene rings is 5. The van der Waals surface area contributed by atoms with Gasteiger partial charge >= 0.3 is 0 Å². The number of nitrogens with zero attached hydrogens (tertiary/aromatic N) is 2. The highest BCUT2D eigenvalue weighted by molar-refractivity contribution is 9.10. The van der Waals surface area contributed by atoms with Gasteiger partial charge in [0.2, 0.25) is 0 Å². The second-order valence-corrected chi connectivity index (χ2v) is 11.8. The van der Waals surface area contributed by atoms with E-state index in [-0.39, 0.29) is 54.6 Å². The summed E-state index contributed by atoms with van der Waals surface area (Å²) in [5.41, 5.74) is 1.29. The Hall–Kier alpha value is -4.04. The quantitative estimate of drug-likeness (QED) is 0.164. The van der Waals surface area contributed by atoms with Crippen molar-refractivity contribution in [3.63, 3.8) is 0 Å². The molecule has 0 saturated heterocycles. The Balaban J connectivity index is 2.05. The van der Waals surface area contributed by atoms with Crippen LogP contribution in [0.4, 0.5) is 0 Å². The predicted molar refractivity (Wildman–Crippen MR) is 172 cm³/mol. The average molecular weight is 715 g/mol. The Morgan fingerprint density at radius 2 is 0.881 bits per heavy atom. The molecule has 4 nitrogen and oxygen atoms in total. The standard InChI is InChI=1S/C34H16Br2Cl2N2O2/c35-21-13-9-19(10-14-21)33(41)31-25(17-39)26(18-40)32(34(42)20-11-15-22(36)16-12-20)30(24-6-2-4-8-28(24)38)29(31)23-5-1-3-7-27(23)37/h1-16H. The van der Waals surface area contributed by atoms with Gasteiger partial charge in [0.05, 0.1) is 22.3 Å². The molecule has 0 spiro atoms. The van der Waals surface area contributed by atoms with Gasteiger partial charge in [-0.3, -0.25) is 9.59 Å². The van der Waals surface area contributed by atoms with Gasteiger partial charge in [-0.25, -0.2) is 0 Å². The number of halogens is 4. The normalized spacial score (nSPS) is 10.5. The van der Waals surface area contributed by atoms with Gasteiger partial charge in [0.15, 0.2) is 11.6 Å². The number of carbonyl (C=O) groups is 2. The van der Waals surface area contributed by atoms with Crippen LogP contribution in [0.1, 0.15) is 43.0 Å². The molecule has 0 aromatic heterocycles. The van der Waals surface area contributed by atoms with Gasteiger partial charge in [0.25, 0.3) is 0 Å². The molecule has 5 rings (SSSR count). The molecule has 0 aliphatic carbocycles. The maximum absolute atomic E-state index is 14.3. The van der Waals surface area contributed by atoms with E-state index in [1.165, 1.54) is 0 Å². The number of hydrogen-bond donors (Lipinski definition) is 0. The third kappa shape index (κ3) is 5.43. The molecule has 0 aliphatic rings. The summed E-state index contributed by atoms with van der Waals surface area (Å²) >= 11 is 20.3. The highest BCUT2D eigenvalue weighted by atomic mass is 79.9. The summed E-state index contributed by atoms with van der Waals surface area (Å²) < 4.78 is 1.52. The van der Waals surface area contributed by atoms with E-state index in [4.69, 9.17) is 23.2 Å². The molecule has 202 valence electrons. The minimum atomic E-state index is -0.513. The largest absolute Gasteiger partial charge is 0.289 e. The summed E-state index contributed by atoms with van der Waals surface area (Å²) in [6.07, 6.45) is 0. The number of nitriles is 2. The van der Waals surface area contributed by atoms with E-state index >= 15 is 0 Å². The maximum atomic E-state index is 14.3. The van der Waals surface area contributed by atoms with Gasteiger partial charge in [-0.1, -0.05) is 91.5 Å². The number of ketones is 2. The molecule has 0 N–H and O–H groups in total. The fourth-order valence-corrected chi connectivity index (χ4v) is 5.77. The van der Waals surface area contributed by atoms with Crippen molar-refractivity contribution in [3.05, 3.63) is 149 Å². The molecule has 5 aromatic carbocycles. The van der Waals surface area contributed by atoms with Gasteiger partial charge in [-0.2, -0.15) is 10.5 Å². The topological polar surface area (TPSA) is 81.7 Å². The second kappa shape index (κ2) is 12.4. The SMILES string of the molecule is N#Cc1c(C#N)c(C(=O)c2ccc(Br)cc2)c(-c2ccccc2Cl)c(-c2ccccc2Cl)c1C(=O)c1ccc(Br)cc1. The van der Waals surface area contributed by atoms with Crippen LogP contribution in [0.25, 0.3) is 22.3 Å². The van der Waals surface area contributed by atoms with Gasteiger partial charge in [-0.15, -0.1) is 0 Å². The molecular formula is C34H16Br2Cl2N2O2. The molecule has 0 bridgehead atoms. The van der Waals surface area contributed by atoms with Crippen molar-refractivity contribution in [3.8, 4) is 34.4 Å². The summed E-state index contributed by atoms with van der Waals surface area (Å²) in [7, 11) is 0. The van der Waals surface area contributed by atoms with Crippen LogP contribution >= 0.6 is 55.1 Å². The number of carbonyl (C=O) groups excluding carboxylic acids is 2. The van der Waals surface area contributed by atoms with E-state index in [0.29, 0.717) is 11.1 Å². The minimum Gasteiger partial charge on any atom is -0.289 e. The van der Waals surface area contributed by atoms with Crippen molar-refractivity contribution >= 4 is 66.6 Å². The van der Waals surface area contributed by atoms with Crippen LogP contribution in [-0.2, 0) is 0 Å². The lowest BCUT2D eigenvalue weighted by atomic mass is 9.77. The van der Waals surface area contributed by atoms with E-state index in [1.54, 1.807) is 97.1 Å². The first-order valence-corrected chi connectivity index (χ1v) is 14.8. The van der Waals surface area contributed by atoms with Crippen molar-refractivity contribution < 1.29 is 9.59 Å². The lowest BCUT2D eigenvalue weighted by Crippen LogP contribution is -2.16. The summed E-state index contributed by atoms with van der Waals surface area (Å²) in [6, 6.07) is 31.1. The van der Waals surface area contributed by atoms with Crippen LogP contribution in [0.2, 0.25) is 10.0 Å². The van der Waals surface area contributed by atoms with E-state index in [2.05, 4.69) is 44.0 Å². The minimum absolute atomic E-state index is 0.0493. The van der Waals surface area contributed by atoms with Crippen molar-refractivity contribution in [2.45, 2.75) is 0 Å². The molecule has 0 fully saturated rings. The molecule has 0 radical (unpaired) electrons. The van der Waals surface area contributed by atoms with Crippen LogP contribution < -0.4 is 0 Å². The third-order valence-corrected chi connectivity index (χ3v) is 8.39. The molecule has 5 aromatic rings. The Morgan fingerprint density at radius 3 is 1.19 bits per heavy atom. The zero-order valence-corrected chi connectivity index (χ0v) is 26.1. The van der Waals surface area contributed by atoms with Crippen molar-refractivity contribution in [1.29, 1.82) is 10.5 Å². The van der Waals surface area contributed by atoms with Crippen LogP contribution in [0.15, 0.2) is 106 Å². The van der Waals surface area contributed by atoms with Crippen molar-refractivity contribution in [1.82, 2.24) is 0 Å². The Labute approximate surface area is 269 Å². The predicted octanol–water partition coefficient (Wildman–Crippen LogP) is 10.1. The fraction of sp³-hybridized carbons (Fsp3) is 0. The highest BCUT2D eigenvalue weighted by Gasteiger charge is 2.34. The first kappa shape index (κ1) is 29.5. The fourth-order valence-electron chi connectivity index (χ4n) is 4.79. The van der Waals surface area contributed by atoms with Crippen LogP contribution in [-0.4, -0.2) is 11.6 Å². The van der Waals surface area contributed by atoms with Gasteiger partial charge in [0, 0.05) is 52.4 Å². The smallest absolute Gasteiger partial charge is 0.195 e. The van der Waals surface area contributed by atoms with Crippen LogP contribution in [0, 0.1) is 22.7 Å². The summed E-state index contributed by atoms with van der Waals surface area (Å²) in [5, 5.41) is 21.6. The van der Waals surface area contributed by atoms with Gasteiger partial charge in [-0.05, 0) is 60.7 Å². The number of hydrogen-bond acceptors (Lipinski definition) is 4. The van der Waals surface area contributed by atoms with E-state index < -0.39 is 11.6 Å². The first-order chi connectivity index (χ1) is 20.3. The molecule has 0 heterocycles. The molecule has 0 saturated carbocycles. The Bertz CT molecular complexity index is 1830. The van der Waals surface area contributed by atoms with Crippen molar-refractivity contribution in [2.24, 2.45) is 0 Å². The summed E-state index contributed by atoms with van der Waals surface area (Å²) in [6.45, 7) is 0. The van der Waals surface area contributed by atoms with Gasteiger partial charge in [0.1, 0.15) is 12.1 Å². The lowest BCUT2D eigenvalue weighted by molar-refractivity contribution is 0.102. The highest BCUT2D eigenvalue weighted by Crippen LogP contribution is 2.47. The second-order valence-electron chi connectivity index (χ2n) is 9.11. The molecular weight excluding hydrogens is 699 g/mol. The van der Waals surface area contributed by atoms with Gasteiger partial charge < -0.3 is 0 Å². The molecule has 0 aliphatic heterocycles. The summed E-state index contributed by atoms with van der Waals surface area (Å²) in [4.78, 5) is 28.7. The zero-order chi connectivity index (χ0) is 30.0. The Morgan fingerprint density at radius 1 is 0.548 bits per heavy atom. The zero-order valence-electron chi connectivity index (χ0n) is 21.5. The lowest BCUT2D eigenvalue weighted by Gasteiger charge is -2.23. The van der Waals surface area contributed by atoms with E-state index in [0.717, 1.165) is 8.95 Å². The Kier molecular flexibility index (Phi) is 8.73. The first-order valence-electron chi connectivity index (χ1n) is 12.4. The number of rotatable bonds is 6. The van der Waals surface area contributed by atoms with Crippen molar-refractivity contribution in [2.75, 3.05) is 0 Å². The molecule has 0 atom stereocenters. The molecule has 0 unspecified atom stereocenters. The summed E-state index contributed by atoms with van der Waals surface area (Å²) in [5.74, 6) is -1.03. The van der Waals surface area contributed by atoms with E-state index in [1.807, 2.05) is 0 Å². The average Bonchev–Trinajstić information content (AvgIpc) is 3.00.